The molecule has 0 bridgehead atoms. The fourth-order valence-electron chi connectivity index (χ4n) is 1.84. The minimum Gasteiger partial charge on any atom is -0.376 e. The Labute approximate surface area is 127 Å². The number of amides is 1. The SMILES string of the molecule is C[C@H](NC(=O)Cn1ncc(N(C)C)cc1=O)c1ccncn1. The molecule has 22 heavy (non-hydrogen) atoms. The van der Waals surface area contributed by atoms with E-state index in [2.05, 4.69) is 20.4 Å². The fraction of sp³-hybridized carbons (Fsp3) is 0.357. The van der Waals surface area contributed by atoms with Gasteiger partial charge in [0.05, 0.1) is 23.6 Å². The van der Waals surface area contributed by atoms with Crippen LogP contribution >= 0.6 is 0 Å². The summed E-state index contributed by atoms with van der Waals surface area (Å²) in [5.41, 5.74) is 1.07. The van der Waals surface area contributed by atoms with Crippen molar-refractivity contribution in [3.05, 3.63) is 46.9 Å². The normalized spacial score (nSPS) is 11.8. The van der Waals surface area contributed by atoms with Crippen molar-refractivity contribution < 1.29 is 4.79 Å². The number of hydrogen-bond donors (Lipinski definition) is 1. The highest BCUT2D eigenvalue weighted by Gasteiger charge is 2.12. The molecule has 0 aliphatic rings. The quantitative estimate of drug-likeness (QED) is 0.834. The molecular formula is C14H18N6O2. The summed E-state index contributed by atoms with van der Waals surface area (Å²) in [5.74, 6) is -0.307. The first-order chi connectivity index (χ1) is 10.5. The van der Waals surface area contributed by atoms with Crippen molar-refractivity contribution in [3.63, 3.8) is 0 Å². The summed E-state index contributed by atoms with van der Waals surface area (Å²) in [7, 11) is 3.63. The molecule has 1 N–H and O–H groups in total. The summed E-state index contributed by atoms with van der Waals surface area (Å²) in [6.07, 6.45) is 4.57. The molecule has 2 aromatic rings. The molecule has 8 heteroatoms. The molecule has 116 valence electrons. The molecule has 0 aromatic carbocycles. The third kappa shape index (κ3) is 3.87. The second-order valence-corrected chi connectivity index (χ2v) is 5.03. The first kappa shape index (κ1) is 15.6. The molecule has 0 saturated heterocycles. The van der Waals surface area contributed by atoms with Crippen LogP contribution in [0.1, 0.15) is 18.7 Å². The fourth-order valence-corrected chi connectivity index (χ4v) is 1.84. The molecule has 8 nitrogen and oxygen atoms in total. The summed E-state index contributed by atoms with van der Waals surface area (Å²) >= 11 is 0. The van der Waals surface area contributed by atoms with Crippen molar-refractivity contribution in [1.82, 2.24) is 25.1 Å². The Balaban J connectivity index is 2.02. The average molecular weight is 302 g/mol. The van der Waals surface area contributed by atoms with Gasteiger partial charge in [-0.1, -0.05) is 0 Å². The summed E-state index contributed by atoms with van der Waals surface area (Å²) in [6, 6.07) is 2.89. The molecule has 2 rings (SSSR count). The number of nitrogens with one attached hydrogen (secondary N) is 1. The summed E-state index contributed by atoms with van der Waals surface area (Å²) in [5, 5.41) is 6.77. The van der Waals surface area contributed by atoms with Crippen molar-refractivity contribution in [2.75, 3.05) is 19.0 Å². The van der Waals surface area contributed by atoms with E-state index in [0.29, 0.717) is 11.4 Å². The number of rotatable bonds is 5. The molecule has 0 aliphatic heterocycles. The molecule has 0 aliphatic carbocycles. The lowest BCUT2D eigenvalue weighted by molar-refractivity contribution is -0.122. The van der Waals surface area contributed by atoms with Crippen molar-refractivity contribution in [3.8, 4) is 0 Å². The van der Waals surface area contributed by atoms with Crippen molar-refractivity contribution >= 4 is 11.6 Å². The molecule has 0 radical (unpaired) electrons. The van der Waals surface area contributed by atoms with E-state index in [4.69, 9.17) is 0 Å². The number of carbonyl (C=O) groups is 1. The Bertz CT molecular complexity index is 698. The lowest BCUT2D eigenvalue weighted by Crippen LogP contribution is -2.35. The van der Waals surface area contributed by atoms with E-state index >= 15 is 0 Å². The van der Waals surface area contributed by atoms with Gasteiger partial charge in [-0.3, -0.25) is 9.59 Å². The number of anilines is 1. The topological polar surface area (TPSA) is 93.0 Å². The number of carbonyl (C=O) groups excluding carboxylic acids is 1. The van der Waals surface area contributed by atoms with Crippen LogP contribution in [-0.4, -0.2) is 39.8 Å². The predicted octanol–water partition coefficient (Wildman–Crippen LogP) is -0.0233. The zero-order chi connectivity index (χ0) is 16.1. The second-order valence-electron chi connectivity index (χ2n) is 5.03. The molecule has 2 aromatic heterocycles. The number of hydrogen-bond acceptors (Lipinski definition) is 6. The van der Waals surface area contributed by atoms with E-state index in [-0.39, 0.29) is 24.1 Å². The Kier molecular flexibility index (Phi) is 4.82. The maximum absolute atomic E-state index is 12.0. The molecular weight excluding hydrogens is 284 g/mol. The van der Waals surface area contributed by atoms with E-state index in [9.17, 15) is 9.59 Å². The Morgan fingerprint density at radius 1 is 1.45 bits per heavy atom. The van der Waals surface area contributed by atoms with Gasteiger partial charge in [-0.05, 0) is 13.0 Å². The van der Waals surface area contributed by atoms with Gasteiger partial charge in [0.25, 0.3) is 5.56 Å². The maximum Gasteiger partial charge on any atom is 0.269 e. The summed E-state index contributed by atoms with van der Waals surface area (Å²) < 4.78 is 1.12. The van der Waals surface area contributed by atoms with Gasteiger partial charge < -0.3 is 10.2 Å². The third-order valence-corrected chi connectivity index (χ3v) is 3.09. The summed E-state index contributed by atoms with van der Waals surface area (Å²) in [4.78, 5) is 33.6. The summed E-state index contributed by atoms with van der Waals surface area (Å²) in [6.45, 7) is 1.67. The van der Waals surface area contributed by atoms with Crippen molar-refractivity contribution in [2.45, 2.75) is 19.5 Å². The standard InChI is InChI=1S/C14H18N6O2/c1-10(12-4-5-15-9-16-12)18-13(21)8-20-14(22)6-11(7-17-20)19(2)3/h4-7,9-10H,8H2,1-3H3,(H,18,21)/t10-/m0/s1. The van der Waals surface area contributed by atoms with Crippen LogP contribution in [0.5, 0.6) is 0 Å². The highest BCUT2D eigenvalue weighted by molar-refractivity contribution is 5.76. The first-order valence-corrected chi connectivity index (χ1v) is 6.77. The highest BCUT2D eigenvalue weighted by Crippen LogP contribution is 2.07. The zero-order valence-corrected chi connectivity index (χ0v) is 12.7. The lowest BCUT2D eigenvalue weighted by atomic mass is 10.2. The van der Waals surface area contributed by atoms with Crippen LogP contribution in [0.4, 0.5) is 5.69 Å². The van der Waals surface area contributed by atoms with Crippen molar-refractivity contribution in [2.24, 2.45) is 0 Å². The average Bonchev–Trinajstić information content (AvgIpc) is 2.50. The van der Waals surface area contributed by atoms with Crippen LogP contribution in [0, 0.1) is 0 Å². The van der Waals surface area contributed by atoms with Crippen LogP contribution < -0.4 is 15.8 Å². The molecule has 1 atom stereocenters. The highest BCUT2D eigenvalue weighted by atomic mass is 16.2. The van der Waals surface area contributed by atoms with Gasteiger partial charge in [0, 0.05) is 26.4 Å². The van der Waals surface area contributed by atoms with E-state index in [0.717, 1.165) is 4.68 Å². The molecule has 0 fully saturated rings. The third-order valence-electron chi connectivity index (χ3n) is 3.09. The van der Waals surface area contributed by atoms with Gasteiger partial charge in [-0.15, -0.1) is 0 Å². The minimum atomic E-state index is -0.323. The van der Waals surface area contributed by atoms with Gasteiger partial charge in [0.1, 0.15) is 12.9 Å². The smallest absolute Gasteiger partial charge is 0.269 e. The van der Waals surface area contributed by atoms with Crippen molar-refractivity contribution in [1.29, 1.82) is 0 Å². The predicted molar refractivity (Wildman–Crippen MR) is 81.4 cm³/mol. The zero-order valence-electron chi connectivity index (χ0n) is 12.7. The van der Waals surface area contributed by atoms with E-state index < -0.39 is 0 Å². The van der Waals surface area contributed by atoms with Crippen LogP contribution in [0.15, 0.2) is 35.6 Å². The van der Waals surface area contributed by atoms with E-state index in [1.54, 1.807) is 23.4 Å². The van der Waals surface area contributed by atoms with Gasteiger partial charge in [-0.2, -0.15) is 5.10 Å². The minimum absolute atomic E-state index is 0.137. The van der Waals surface area contributed by atoms with Gasteiger partial charge in [-0.25, -0.2) is 14.6 Å². The molecule has 1 amide bonds. The Morgan fingerprint density at radius 3 is 2.82 bits per heavy atom. The molecule has 0 spiro atoms. The number of nitrogens with zero attached hydrogens (tertiary/aromatic N) is 5. The van der Waals surface area contributed by atoms with Crippen LogP contribution in [0.2, 0.25) is 0 Å². The van der Waals surface area contributed by atoms with Gasteiger partial charge >= 0.3 is 0 Å². The molecule has 0 saturated carbocycles. The lowest BCUT2D eigenvalue weighted by Gasteiger charge is -2.14. The largest absolute Gasteiger partial charge is 0.376 e. The Morgan fingerprint density at radius 2 is 2.23 bits per heavy atom. The molecule has 0 unspecified atom stereocenters. The van der Waals surface area contributed by atoms with Crippen LogP contribution in [-0.2, 0) is 11.3 Å². The van der Waals surface area contributed by atoms with E-state index in [1.807, 2.05) is 21.0 Å². The maximum atomic E-state index is 12.0. The van der Waals surface area contributed by atoms with Crippen LogP contribution in [0.25, 0.3) is 0 Å². The van der Waals surface area contributed by atoms with Gasteiger partial charge in [0.2, 0.25) is 5.91 Å². The van der Waals surface area contributed by atoms with Crippen LogP contribution in [0.3, 0.4) is 0 Å². The van der Waals surface area contributed by atoms with E-state index in [1.165, 1.54) is 12.4 Å². The van der Waals surface area contributed by atoms with Gasteiger partial charge in [0.15, 0.2) is 0 Å². The first-order valence-electron chi connectivity index (χ1n) is 6.77. The Hall–Kier alpha value is -2.77. The second kappa shape index (κ2) is 6.79. The molecule has 2 heterocycles. The number of aromatic nitrogens is 4. The monoisotopic (exact) mass is 302 g/mol.